The summed E-state index contributed by atoms with van der Waals surface area (Å²) in [5.74, 6) is 0. The molecule has 1 amide bonds. The summed E-state index contributed by atoms with van der Waals surface area (Å²) in [6.45, 7) is 1.88. The monoisotopic (exact) mass is 197 g/mol. The van der Waals surface area contributed by atoms with Crippen molar-refractivity contribution in [2.75, 3.05) is 7.11 Å². The van der Waals surface area contributed by atoms with E-state index in [0.717, 1.165) is 5.56 Å². The van der Waals surface area contributed by atoms with Gasteiger partial charge in [-0.1, -0.05) is 22.5 Å². The van der Waals surface area contributed by atoms with Crippen molar-refractivity contribution in [3.05, 3.63) is 35.0 Å². The molecule has 1 unspecified atom stereocenters. The Labute approximate surface area is 81.5 Å². The molecule has 0 fully saturated rings. The van der Waals surface area contributed by atoms with Crippen LogP contribution in [0.25, 0.3) is 0 Å². The summed E-state index contributed by atoms with van der Waals surface area (Å²) in [6, 6.07) is 6.44. The number of nitrogens with zero attached hydrogens (tertiary/aromatic N) is 1. The molecule has 1 atom stereocenters. The van der Waals surface area contributed by atoms with Crippen molar-refractivity contribution < 1.29 is 14.7 Å². The van der Waals surface area contributed by atoms with Crippen LogP contribution in [0.5, 0.6) is 0 Å². The molecular formula is C9H11NO4. The number of carbonyl (C=O) groups excluding carboxylic acids is 1. The molecule has 0 saturated heterocycles. The Kier molecular flexibility index (Phi) is 3.32. The molecule has 1 aromatic carbocycles. The van der Waals surface area contributed by atoms with Gasteiger partial charge in [-0.05, 0) is 11.9 Å². The lowest BCUT2D eigenvalue weighted by atomic mass is 10.2. The largest absolute Gasteiger partial charge is 0.583 e. The third-order valence-electron chi connectivity index (χ3n) is 1.72. The van der Waals surface area contributed by atoms with Crippen molar-refractivity contribution in [2.24, 2.45) is 0 Å². The fourth-order valence-electron chi connectivity index (χ4n) is 0.985. The van der Waals surface area contributed by atoms with E-state index in [0.29, 0.717) is 0 Å². The van der Waals surface area contributed by atoms with Gasteiger partial charge in [-0.2, -0.15) is 4.89 Å². The Morgan fingerprint density at radius 2 is 1.93 bits per heavy atom. The molecule has 0 aliphatic carbocycles. The molecule has 1 aromatic rings. The second kappa shape index (κ2) is 4.30. The highest BCUT2D eigenvalue weighted by Crippen LogP contribution is 2.20. The van der Waals surface area contributed by atoms with Gasteiger partial charge >= 0.3 is 6.41 Å². The Bertz CT molecular complexity index is 311. The zero-order valence-electron chi connectivity index (χ0n) is 7.97. The van der Waals surface area contributed by atoms with E-state index in [9.17, 15) is 10.0 Å². The first-order valence-electron chi connectivity index (χ1n) is 3.98. The molecule has 0 aliphatic heterocycles. The molecule has 0 saturated carbocycles. The third kappa shape index (κ3) is 2.15. The van der Waals surface area contributed by atoms with Gasteiger partial charge in [-0.25, -0.2) is 4.79 Å². The number of amides is 1. The molecule has 0 heterocycles. The normalized spacial score (nSPS) is 14.8. The molecule has 0 aliphatic rings. The molecule has 0 N–H and O–H groups in total. The van der Waals surface area contributed by atoms with Gasteiger partial charge in [-0.3, -0.25) is 0 Å². The van der Waals surface area contributed by atoms with Crippen LogP contribution in [0.4, 0.5) is 5.69 Å². The zero-order valence-corrected chi connectivity index (χ0v) is 7.97. The number of hydroxylamine groups is 2. The minimum Gasteiger partial charge on any atom is -0.583 e. The maximum absolute atomic E-state index is 11.6. The molecule has 14 heavy (non-hydrogen) atoms. The van der Waals surface area contributed by atoms with Crippen LogP contribution >= 0.6 is 0 Å². The second-order valence-electron chi connectivity index (χ2n) is 2.78. The summed E-state index contributed by atoms with van der Waals surface area (Å²) < 4.78 is 0. The molecule has 5 nitrogen and oxygen atoms in total. The van der Waals surface area contributed by atoms with E-state index in [-0.39, 0.29) is 12.1 Å². The van der Waals surface area contributed by atoms with Gasteiger partial charge in [0.05, 0.1) is 7.11 Å². The molecule has 1 rings (SSSR count). The first kappa shape index (κ1) is 10.8. The third-order valence-corrected chi connectivity index (χ3v) is 1.72. The van der Waals surface area contributed by atoms with E-state index < -0.39 is 4.81 Å². The quantitative estimate of drug-likeness (QED) is 0.317. The van der Waals surface area contributed by atoms with Crippen molar-refractivity contribution in [1.82, 2.24) is 4.81 Å². The van der Waals surface area contributed by atoms with Crippen LogP contribution in [0.15, 0.2) is 24.3 Å². The van der Waals surface area contributed by atoms with Crippen molar-refractivity contribution in [2.45, 2.75) is 6.92 Å². The summed E-state index contributed by atoms with van der Waals surface area (Å²) in [7, 11) is 1.17. The number of aryl methyl sites for hydroxylation is 1. The second-order valence-corrected chi connectivity index (χ2v) is 2.78. The molecule has 0 aromatic heterocycles. The number of hydrogen-bond donors (Lipinski definition) is 0. The van der Waals surface area contributed by atoms with E-state index in [4.69, 9.17) is 0 Å². The van der Waals surface area contributed by atoms with Crippen molar-refractivity contribution in [3.63, 3.8) is 0 Å². The lowest BCUT2D eigenvalue weighted by molar-refractivity contribution is -0.369. The van der Waals surface area contributed by atoms with E-state index in [1.54, 1.807) is 12.1 Å². The maximum Gasteiger partial charge on any atom is 0.342 e. The Hall–Kier alpha value is -1.27. The highest BCUT2D eigenvalue weighted by Gasteiger charge is 2.23. The lowest BCUT2D eigenvalue weighted by Crippen LogP contribution is -2.41. The zero-order chi connectivity index (χ0) is 10.6. The number of rotatable bonds is 4. The number of quaternary nitrogens is 1. The Balaban J connectivity index is 2.99. The van der Waals surface area contributed by atoms with Gasteiger partial charge in [0.15, 0.2) is 5.69 Å². The lowest BCUT2D eigenvalue weighted by Gasteiger charge is -2.28. The van der Waals surface area contributed by atoms with E-state index >= 15 is 0 Å². The highest BCUT2D eigenvalue weighted by atomic mass is 17.3. The fourth-order valence-corrected chi connectivity index (χ4v) is 0.985. The van der Waals surface area contributed by atoms with Crippen LogP contribution in [-0.2, 0) is 14.7 Å². The Morgan fingerprint density at radius 3 is 2.36 bits per heavy atom. The van der Waals surface area contributed by atoms with Gasteiger partial charge in [0, 0.05) is 12.1 Å². The van der Waals surface area contributed by atoms with Gasteiger partial charge in [0.1, 0.15) is 0 Å². The van der Waals surface area contributed by atoms with Crippen molar-refractivity contribution >= 4 is 12.1 Å². The van der Waals surface area contributed by atoms with E-state index in [1.165, 1.54) is 19.2 Å². The number of hydrogen-bond acceptors (Lipinski definition) is 4. The summed E-state index contributed by atoms with van der Waals surface area (Å²) in [6.07, 6.45) is 0.105. The standard InChI is InChI=1S/C9H11NO4/c1-8-3-5-9(6-4-8)10(12,7-11)14-13-2/h3-7H,1-2H3. The first-order chi connectivity index (χ1) is 6.62. The average molecular weight is 197 g/mol. The average Bonchev–Trinajstić information content (AvgIpc) is 2.19. The van der Waals surface area contributed by atoms with Crippen LogP contribution in [0.3, 0.4) is 0 Å². The molecule has 76 valence electrons. The van der Waals surface area contributed by atoms with Crippen molar-refractivity contribution in [1.29, 1.82) is 0 Å². The van der Waals surface area contributed by atoms with Crippen LogP contribution in [-0.4, -0.2) is 13.5 Å². The van der Waals surface area contributed by atoms with Gasteiger partial charge < -0.3 is 5.21 Å². The van der Waals surface area contributed by atoms with Gasteiger partial charge in [-0.15, -0.1) is 0 Å². The van der Waals surface area contributed by atoms with Gasteiger partial charge in [0.25, 0.3) is 0 Å². The van der Waals surface area contributed by atoms with Crippen LogP contribution < -0.4 is 4.81 Å². The fraction of sp³-hybridized carbons (Fsp3) is 0.222. The predicted octanol–water partition coefficient (Wildman–Crippen LogP) is 1.45. The van der Waals surface area contributed by atoms with Crippen LogP contribution in [0.2, 0.25) is 0 Å². The summed E-state index contributed by atoms with van der Waals surface area (Å²) in [5.41, 5.74) is 1.15. The van der Waals surface area contributed by atoms with Crippen molar-refractivity contribution in [3.8, 4) is 0 Å². The topological polar surface area (TPSA) is 58.6 Å². The molecule has 0 spiro atoms. The van der Waals surface area contributed by atoms with Crippen LogP contribution in [0, 0.1) is 12.1 Å². The summed E-state index contributed by atoms with van der Waals surface area (Å²) >= 11 is 0. The number of benzene rings is 1. The Morgan fingerprint density at radius 1 is 1.36 bits per heavy atom. The summed E-state index contributed by atoms with van der Waals surface area (Å²) in [4.78, 5) is 17.5. The highest BCUT2D eigenvalue weighted by molar-refractivity contribution is 5.67. The predicted molar refractivity (Wildman–Crippen MR) is 50.5 cm³/mol. The smallest absolute Gasteiger partial charge is 0.342 e. The molecule has 0 radical (unpaired) electrons. The summed E-state index contributed by atoms with van der Waals surface area (Å²) in [5, 5.41) is 11.6. The number of carbonyl (C=O) groups is 1. The first-order valence-corrected chi connectivity index (χ1v) is 3.98. The maximum atomic E-state index is 11.6. The molecular weight excluding hydrogens is 186 g/mol. The van der Waals surface area contributed by atoms with E-state index in [1.807, 2.05) is 6.92 Å². The molecule has 5 heteroatoms. The molecule has 0 bridgehead atoms. The minimum atomic E-state index is -1.60. The SMILES string of the molecule is COO[N+]([O-])(C=O)c1ccc(C)cc1. The van der Waals surface area contributed by atoms with Crippen LogP contribution in [0.1, 0.15) is 5.56 Å². The van der Waals surface area contributed by atoms with E-state index in [2.05, 4.69) is 9.88 Å². The minimum absolute atomic E-state index is 0.105. The van der Waals surface area contributed by atoms with Gasteiger partial charge in [0.2, 0.25) is 0 Å².